The summed E-state index contributed by atoms with van der Waals surface area (Å²) < 4.78 is 0.208. The van der Waals surface area contributed by atoms with Gasteiger partial charge in [-0.3, -0.25) is 4.99 Å². The van der Waals surface area contributed by atoms with Gasteiger partial charge in [-0.15, -0.1) is 0 Å². The maximum Gasteiger partial charge on any atom is 0.0943 e. The van der Waals surface area contributed by atoms with Crippen LogP contribution in [0, 0.1) is 0 Å². The van der Waals surface area contributed by atoms with Gasteiger partial charge in [0.1, 0.15) is 0 Å². The van der Waals surface area contributed by atoms with Crippen LogP contribution in [0.1, 0.15) is 0 Å². The average Bonchev–Trinajstić information content (AvgIpc) is 1.91. The first kappa shape index (κ1) is 5.25. The first-order valence-corrected chi connectivity index (χ1v) is 3.31. The number of aliphatic imine (C=N–C) groups is 1. The van der Waals surface area contributed by atoms with Crippen molar-refractivity contribution in [3.8, 4) is 0 Å². The van der Waals surface area contributed by atoms with Crippen LogP contribution in [-0.4, -0.2) is 10.1 Å². The van der Waals surface area contributed by atoms with Crippen LogP contribution in [0.25, 0.3) is 0 Å². The van der Waals surface area contributed by atoms with E-state index in [0.29, 0.717) is 0 Å². The zero-order chi connectivity index (χ0) is 5.28. The Balaban J connectivity index is 2.62. The molecule has 0 aliphatic carbocycles. The zero-order valence-electron chi connectivity index (χ0n) is 3.66. The van der Waals surface area contributed by atoms with Crippen molar-refractivity contribution in [3.63, 3.8) is 0 Å². The molecule has 1 nitrogen and oxygen atoms in total. The van der Waals surface area contributed by atoms with E-state index >= 15 is 0 Å². The third kappa shape index (κ3) is 1.01. The van der Waals surface area contributed by atoms with E-state index in [1.807, 2.05) is 0 Å². The monoisotopic (exact) mass is 131 g/mol. The van der Waals surface area contributed by atoms with Crippen molar-refractivity contribution in [3.05, 3.63) is 12.3 Å². The molecule has 0 saturated heterocycles. The normalized spacial score (nSPS) is 29.3. The molecule has 1 aliphatic heterocycles. The van der Waals surface area contributed by atoms with Gasteiger partial charge in [-0.05, 0) is 0 Å². The maximum absolute atomic E-state index is 4.13. The number of hydrogen-bond donors (Lipinski definition) is 1. The number of thiol groups is 1. The van der Waals surface area contributed by atoms with Gasteiger partial charge in [0.25, 0.3) is 0 Å². The Kier molecular flexibility index (Phi) is 1.44. The van der Waals surface area contributed by atoms with E-state index in [2.05, 4.69) is 24.2 Å². The lowest BCUT2D eigenvalue weighted by molar-refractivity contribution is 1.34. The summed E-state index contributed by atoms with van der Waals surface area (Å²) in [5, 5.41) is 0. The second-order valence-electron chi connectivity index (χ2n) is 1.21. The van der Waals surface area contributed by atoms with Crippen LogP contribution < -0.4 is 0 Å². The van der Waals surface area contributed by atoms with Crippen molar-refractivity contribution < 1.29 is 0 Å². The van der Waals surface area contributed by atoms with Crippen LogP contribution in [0.2, 0.25) is 0 Å². The molecule has 1 aliphatic rings. The molecule has 1 rings (SSSR count). The number of rotatable bonds is 0. The molecular formula is C4H5NS2. The SMILES string of the molecule is C=C1N=CSC1S. The molecule has 7 heavy (non-hydrogen) atoms. The Hall–Kier alpha value is 0.110. The van der Waals surface area contributed by atoms with Gasteiger partial charge in [-0.1, -0.05) is 18.3 Å². The highest BCUT2D eigenvalue weighted by Crippen LogP contribution is 2.25. The molecule has 0 aromatic rings. The van der Waals surface area contributed by atoms with Gasteiger partial charge in [-0.25, -0.2) is 0 Å². The Morgan fingerprint density at radius 2 is 2.71 bits per heavy atom. The molecule has 0 N–H and O–H groups in total. The second kappa shape index (κ2) is 1.92. The summed E-state index contributed by atoms with van der Waals surface area (Å²) >= 11 is 5.70. The van der Waals surface area contributed by atoms with E-state index in [-0.39, 0.29) is 4.58 Å². The fourth-order valence-electron chi connectivity index (χ4n) is 0.298. The van der Waals surface area contributed by atoms with Crippen molar-refractivity contribution in [1.29, 1.82) is 0 Å². The van der Waals surface area contributed by atoms with E-state index in [0.717, 1.165) is 5.70 Å². The summed E-state index contributed by atoms with van der Waals surface area (Å²) in [7, 11) is 0. The highest BCUT2D eigenvalue weighted by atomic mass is 32.2. The third-order valence-electron chi connectivity index (χ3n) is 0.693. The molecule has 3 heteroatoms. The Morgan fingerprint density at radius 3 is 2.86 bits per heavy atom. The molecule has 0 aromatic carbocycles. The molecule has 0 aromatic heterocycles. The van der Waals surface area contributed by atoms with Gasteiger partial charge in [0.05, 0.1) is 15.8 Å². The van der Waals surface area contributed by atoms with Crippen LogP contribution in [-0.2, 0) is 0 Å². The van der Waals surface area contributed by atoms with Crippen molar-refractivity contribution >= 4 is 29.9 Å². The van der Waals surface area contributed by atoms with E-state index in [4.69, 9.17) is 0 Å². The van der Waals surface area contributed by atoms with E-state index < -0.39 is 0 Å². The molecule has 1 unspecified atom stereocenters. The molecule has 1 heterocycles. The van der Waals surface area contributed by atoms with E-state index in [9.17, 15) is 0 Å². The largest absolute Gasteiger partial charge is 0.253 e. The van der Waals surface area contributed by atoms with Gasteiger partial charge < -0.3 is 0 Å². The maximum atomic E-state index is 4.13. The lowest BCUT2D eigenvalue weighted by Crippen LogP contribution is -1.83. The Labute approximate surface area is 52.3 Å². The smallest absolute Gasteiger partial charge is 0.0943 e. The quantitative estimate of drug-likeness (QED) is 0.492. The summed E-state index contributed by atoms with van der Waals surface area (Å²) in [6.45, 7) is 3.64. The van der Waals surface area contributed by atoms with Gasteiger partial charge in [-0.2, -0.15) is 12.6 Å². The minimum absolute atomic E-state index is 0.208. The van der Waals surface area contributed by atoms with Gasteiger partial charge in [0.15, 0.2) is 0 Å². The molecule has 38 valence electrons. The van der Waals surface area contributed by atoms with Gasteiger partial charge in [0, 0.05) is 0 Å². The summed E-state index contributed by atoms with van der Waals surface area (Å²) in [5.74, 6) is 0. The predicted molar refractivity (Wildman–Crippen MR) is 38.0 cm³/mol. The van der Waals surface area contributed by atoms with E-state index in [1.54, 1.807) is 17.3 Å². The van der Waals surface area contributed by atoms with Gasteiger partial charge >= 0.3 is 0 Å². The molecule has 0 fully saturated rings. The lowest BCUT2D eigenvalue weighted by atomic mass is 10.6. The topological polar surface area (TPSA) is 12.4 Å². The molecule has 0 saturated carbocycles. The minimum Gasteiger partial charge on any atom is -0.253 e. The summed E-state index contributed by atoms with van der Waals surface area (Å²) in [4.78, 5) is 3.88. The Bertz CT molecular complexity index is 119. The average molecular weight is 131 g/mol. The molecule has 0 radical (unpaired) electrons. The number of nitrogens with zero attached hydrogens (tertiary/aromatic N) is 1. The van der Waals surface area contributed by atoms with Gasteiger partial charge in [0.2, 0.25) is 0 Å². The van der Waals surface area contributed by atoms with Crippen LogP contribution in [0.15, 0.2) is 17.3 Å². The molecule has 0 spiro atoms. The summed E-state index contributed by atoms with van der Waals surface area (Å²) in [6, 6.07) is 0. The molecule has 0 amide bonds. The lowest BCUT2D eigenvalue weighted by Gasteiger charge is -1.93. The van der Waals surface area contributed by atoms with Crippen LogP contribution in [0.4, 0.5) is 0 Å². The van der Waals surface area contributed by atoms with Crippen LogP contribution in [0.3, 0.4) is 0 Å². The molecule has 1 atom stereocenters. The molecule has 0 bridgehead atoms. The first-order chi connectivity index (χ1) is 3.30. The van der Waals surface area contributed by atoms with Crippen LogP contribution >= 0.6 is 24.4 Å². The second-order valence-corrected chi connectivity index (χ2v) is 3.03. The fraction of sp³-hybridized carbons (Fsp3) is 0.250. The summed E-state index contributed by atoms with van der Waals surface area (Å²) in [6.07, 6.45) is 0. The highest BCUT2D eigenvalue weighted by Gasteiger charge is 2.09. The van der Waals surface area contributed by atoms with Crippen molar-refractivity contribution in [2.24, 2.45) is 4.99 Å². The van der Waals surface area contributed by atoms with Crippen LogP contribution in [0.5, 0.6) is 0 Å². The van der Waals surface area contributed by atoms with Crippen molar-refractivity contribution in [1.82, 2.24) is 0 Å². The number of thioether (sulfide) groups is 1. The molecular weight excluding hydrogens is 126 g/mol. The minimum atomic E-state index is 0.208. The standard InChI is InChI=1S/C4H5NS2/c1-3-4(6)7-2-5-3/h2,4,6H,1H2. The highest BCUT2D eigenvalue weighted by molar-refractivity contribution is 8.20. The van der Waals surface area contributed by atoms with Crippen molar-refractivity contribution in [2.75, 3.05) is 0 Å². The predicted octanol–water partition coefficient (Wildman–Crippen LogP) is 1.53. The van der Waals surface area contributed by atoms with Crippen molar-refractivity contribution in [2.45, 2.75) is 4.58 Å². The fourth-order valence-corrected chi connectivity index (χ4v) is 1.06. The van der Waals surface area contributed by atoms with E-state index in [1.165, 1.54) is 0 Å². The number of hydrogen-bond acceptors (Lipinski definition) is 3. The zero-order valence-corrected chi connectivity index (χ0v) is 5.38. The Morgan fingerprint density at radius 1 is 2.00 bits per heavy atom. The first-order valence-electron chi connectivity index (χ1n) is 1.85. The third-order valence-corrected chi connectivity index (χ3v) is 2.11. The summed E-state index contributed by atoms with van der Waals surface area (Å²) in [5.41, 5.74) is 2.62.